The number of morpholine rings is 1. The smallest absolute Gasteiger partial charge is 0.390 e. The summed E-state index contributed by atoms with van der Waals surface area (Å²) in [5.41, 5.74) is -1.00. The van der Waals surface area contributed by atoms with Crippen LogP contribution in [0.3, 0.4) is 0 Å². The lowest BCUT2D eigenvalue weighted by atomic mass is 10.2. The van der Waals surface area contributed by atoms with Crippen LogP contribution in [0.5, 0.6) is 0 Å². The van der Waals surface area contributed by atoms with Crippen LogP contribution in [0.2, 0.25) is 0 Å². The van der Waals surface area contributed by atoms with Crippen LogP contribution < -0.4 is 4.90 Å². The van der Waals surface area contributed by atoms with Gasteiger partial charge in [0.1, 0.15) is 6.54 Å². The summed E-state index contributed by atoms with van der Waals surface area (Å²) in [6, 6.07) is 0. The molecule has 1 fully saturated rings. The van der Waals surface area contributed by atoms with Crippen molar-refractivity contribution < 1.29 is 23.0 Å². The second-order valence-corrected chi connectivity index (χ2v) is 6.63. The average molecular weight is 340 g/mol. The summed E-state index contributed by atoms with van der Waals surface area (Å²) in [4.78, 5) is 1.73. The second-order valence-electron chi connectivity index (χ2n) is 5.68. The molecule has 126 valence electrons. The van der Waals surface area contributed by atoms with E-state index in [1.54, 1.807) is 18.7 Å². The number of alkyl halides is 3. The first-order chi connectivity index (χ1) is 10.2. The number of halogens is 3. The standard InChI is InChI=1S/C12H19F3N4O2S/c1-11(2,20)8-22-10-17-16-9(18-3-5-21-6-4-18)19(10)7-12(13,14)15/h20H,3-8H2,1-2H3. The maximum absolute atomic E-state index is 12.8. The highest BCUT2D eigenvalue weighted by atomic mass is 32.2. The van der Waals surface area contributed by atoms with E-state index in [0.29, 0.717) is 26.3 Å². The van der Waals surface area contributed by atoms with E-state index < -0.39 is 18.3 Å². The van der Waals surface area contributed by atoms with Gasteiger partial charge >= 0.3 is 6.18 Å². The third-order valence-corrected chi connectivity index (χ3v) is 4.29. The largest absolute Gasteiger partial charge is 0.406 e. The Bertz CT molecular complexity index is 496. The molecule has 1 aromatic heterocycles. The number of hydrogen-bond donors (Lipinski definition) is 1. The molecule has 1 aliphatic rings. The van der Waals surface area contributed by atoms with Gasteiger partial charge in [0.15, 0.2) is 5.16 Å². The van der Waals surface area contributed by atoms with Crippen molar-refractivity contribution in [2.75, 3.05) is 37.0 Å². The van der Waals surface area contributed by atoms with Crippen molar-refractivity contribution >= 4 is 17.7 Å². The van der Waals surface area contributed by atoms with Gasteiger partial charge in [-0.1, -0.05) is 11.8 Å². The quantitative estimate of drug-likeness (QED) is 0.821. The van der Waals surface area contributed by atoms with Gasteiger partial charge in [-0.25, -0.2) is 0 Å². The van der Waals surface area contributed by atoms with E-state index in [2.05, 4.69) is 10.2 Å². The summed E-state index contributed by atoms with van der Waals surface area (Å²) >= 11 is 1.06. The topological polar surface area (TPSA) is 63.4 Å². The normalized spacial score (nSPS) is 17.1. The summed E-state index contributed by atoms with van der Waals surface area (Å²) in [5, 5.41) is 17.7. The summed E-state index contributed by atoms with van der Waals surface area (Å²) in [7, 11) is 0. The molecule has 0 spiro atoms. The zero-order valence-corrected chi connectivity index (χ0v) is 13.2. The molecule has 0 aromatic carbocycles. The van der Waals surface area contributed by atoms with Crippen LogP contribution in [0.25, 0.3) is 0 Å². The van der Waals surface area contributed by atoms with Crippen molar-refractivity contribution in [1.29, 1.82) is 0 Å². The highest BCUT2D eigenvalue weighted by molar-refractivity contribution is 7.99. The first-order valence-electron chi connectivity index (χ1n) is 6.83. The molecule has 0 aliphatic carbocycles. The maximum Gasteiger partial charge on any atom is 0.406 e. The lowest BCUT2D eigenvalue weighted by molar-refractivity contribution is -0.141. The molecule has 2 heterocycles. The van der Waals surface area contributed by atoms with E-state index in [4.69, 9.17) is 4.74 Å². The van der Waals surface area contributed by atoms with Gasteiger partial charge in [0.05, 0.1) is 18.8 Å². The van der Waals surface area contributed by atoms with Gasteiger partial charge < -0.3 is 14.7 Å². The van der Waals surface area contributed by atoms with Crippen LogP contribution in [0, 0.1) is 0 Å². The third-order valence-electron chi connectivity index (χ3n) is 2.88. The van der Waals surface area contributed by atoms with Gasteiger partial charge in [-0.15, -0.1) is 10.2 Å². The fourth-order valence-electron chi connectivity index (χ4n) is 1.94. The molecule has 0 amide bonds. The fraction of sp³-hybridized carbons (Fsp3) is 0.833. The van der Waals surface area contributed by atoms with Gasteiger partial charge in [-0.05, 0) is 13.8 Å². The van der Waals surface area contributed by atoms with Gasteiger partial charge in [-0.3, -0.25) is 4.57 Å². The molecule has 1 aromatic rings. The Labute approximate surface area is 130 Å². The monoisotopic (exact) mass is 340 g/mol. The molecular weight excluding hydrogens is 321 g/mol. The van der Waals surface area contributed by atoms with Crippen LogP contribution in [0.4, 0.5) is 19.1 Å². The molecule has 22 heavy (non-hydrogen) atoms. The predicted molar refractivity (Wildman–Crippen MR) is 76.1 cm³/mol. The molecule has 1 aliphatic heterocycles. The number of anilines is 1. The number of ether oxygens (including phenoxy) is 1. The number of hydrogen-bond acceptors (Lipinski definition) is 6. The minimum Gasteiger partial charge on any atom is -0.390 e. The van der Waals surface area contributed by atoms with E-state index >= 15 is 0 Å². The number of aliphatic hydroxyl groups is 1. The molecular formula is C12H19F3N4O2S. The van der Waals surface area contributed by atoms with Crippen molar-refractivity contribution in [2.24, 2.45) is 0 Å². The summed E-state index contributed by atoms with van der Waals surface area (Å²) < 4.78 is 44.8. The van der Waals surface area contributed by atoms with Gasteiger partial charge in [-0.2, -0.15) is 13.2 Å². The van der Waals surface area contributed by atoms with Crippen molar-refractivity contribution in [3.63, 3.8) is 0 Å². The van der Waals surface area contributed by atoms with Crippen LogP contribution in [0.1, 0.15) is 13.8 Å². The van der Waals surface area contributed by atoms with Gasteiger partial charge in [0.25, 0.3) is 0 Å². The molecule has 1 N–H and O–H groups in total. The van der Waals surface area contributed by atoms with Crippen LogP contribution in [-0.4, -0.2) is 63.7 Å². The van der Waals surface area contributed by atoms with Crippen molar-refractivity contribution in [3.8, 4) is 0 Å². The first kappa shape index (κ1) is 17.4. The SMILES string of the molecule is CC(C)(O)CSc1nnc(N2CCOCC2)n1CC(F)(F)F. The fourth-order valence-corrected chi connectivity index (χ4v) is 2.83. The Morgan fingerprint density at radius 1 is 1.23 bits per heavy atom. The summed E-state index contributed by atoms with van der Waals surface area (Å²) in [5.74, 6) is 0.422. The lowest BCUT2D eigenvalue weighted by Gasteiger charge is -2.28. The predicted octanol–water partition coefficient (Wildman–Crippen LogP) is 1.54. The Kier molecular flexibility index (Phi) is 5.23. The number of nitrogens with zero attached hydrogens (tertiary/aromatic N) is 4. The molecule has 0 bridgehead atoms. The number of thioether (sulfide) groups is 1. The molecule has 1 saturated heterocycles. The van der Waals surface area contributed by atoms with E-state index in [-0.39, 0.29) is 16.9 Å². The van der Waals surface area contributed by atoms with Crippen LogP contribution >= 0.6 is 11.8 Å². The van der Waals surface area contributed by atoms with E-state index in [1.165, 1.54) is 0 Å². The molecule has 0 radical (unpaired) electrons. The summed E-state index contributed by atoms with van der Waals surface area (Å²) in [6.45, 7) is 3.88. The highest BCUT2D eigenvalue weighted by Gasteiger charge is 2.33. The van der Waals surface area contributed by atoms with Crippen molar-refractivity contribution in [3.05, 3.63) is 0 Å². The van der Waals surface area contributed by atoms with Crippen LogP contribution in [-0.2, 0) is 11.3 Å². The lowest BCUT2D eigenvalue weighted by Crippen LogP contribution is -2.38. The average Bonchev–Trinajstić information content (AvgIpc) is 2.77. The van der Waals surface area contributed by atoms with Gasteiger partial charge in [0, 0.05) is 18.8 Å². The first-order valence-corrected chi connectivity index (χ1v) is 7.82. The zero-order chi connectivity index (χ0) is 16.4. The van der Waals surface area contributed by atoms with E-state index in [0.717, 1.165) is 16.3 Å². The Balaban J connectivity index is 2.23. The van der Waals surface area contributed by atoms with Crippen molar-refractivity contribution in [2.45, 2.75) is 37.3 Å². The third kappa shape index (κ3) is 5.03. The Morgan fingerprint density at radius 2 is 1.86 bits per heavy atom. The molecule has 0 atom stereocenters. The number of aromatic nitrogens is 3. The van der Waals surface area contributed by atoms with Crippen LogP contribution in [0.15, 0.2) is 5.16 Å². The minimum atomic E-state index is -4.37. The molecule has 0 saturated carbocycles. The molecule has 2 rings (SSSR count). The molecule has 6 nitrogen and oxygen atoms in total. The minimum absolute atomic E-state index is 0.154. The number of rotatable bonds is 5. The Hall–Kier alpha value is -1.00. The molecule has 0 unspecified atom stereocenters. The van der Waals surface area contributed by atoms with E-state index in [1.807, 2.05) is 0 Å². The van der Waals surface area contributed by atoms with E-state index in [9.17, 15) is 18.3 Å². The van der Waals surface area contributed by atoms with Crippen molar-refractivity contribution in [1.82, 2.24) is 14.8 Å². The van der Waals surface area contributed by atoms with Gasteiger partial charge in [0.2, 0.25) is 5.95 Å². The Morgan fingerprint density at radius 3 is 2.41 bits per heavy atom. The molecule has 10 heteroatoms. The highest BCUT2D eigenvalue weighted by Crippen LogP contribution is 2.29. The summed E-state index contributed by atoms with van der Waals surface area (Å²) in [6.07, 6.45) is -4.37. The second kappa shape index (κ2) is 6.63. The zero-order valence-electron chi connectivity index (χ0n) is 12.4. The maximum atomic E-state index is 12.8.